The normalized spacial score (nSPS) is 20.5. The standard InChI is InChI=1S/C27H33N3O5/c1-19(2)18-35-22-6-4-21(5-7-22)25(31)23-24(20-8-10-28-11-9-20)30(27(33)26(23)32)13-3-12-29-14-16-34-17-15-29/h4-11,19,24,31H,3,12-18H2,1-2H3/b25-23+. The zero-order chi connectivity index (χ0) is 24.8. The Labute approximate surface area is 206 Å². The summed E-state index contributed by atoms with van der Waals surface area (Å²) >= 11 is 0. The number of ketones is 1. The quantitative estimate of drug-likeness (QED) is 0.322. The van der Waals surface area contributed by atoms with E-state index in [1.165, 1.54) is 4.90 Å². The second-order valence-electron chi connectivity index (χ2n) is 9.45. The van der Waals surface area contributed by atoms with Crippen molar-refractivity contribution in [3.63, 3.8) is 0 Å². The highest BCUT2D eigenvalue weighted by Gasteiger charge is 2.44. The van der Waals surface area contributed by atoms with Gasteiger partial charge in [0.2, 0.25) is 5.78 Å². The van der Waals surface area contributed by atoms with Gasteiger partial charge < -0.3 is 24.4 Å². The maximum atomic E-state index is 13.5. The largest absolute Gasteiger partial charge is 0.872 e. The molecule has 1 amide bonds. The van der Waals surface area contributed by atoms with Crippen molar-refractivity contribution < 1.29 is 29.1 Å². The van der Waals surface area contributed by atoms with Gasteiger partial charge in [-0.3, -0.25) is 14.6 Å². The van der Waals surface area contributed by atoms with Crippen LogP contribution in [0.1, 0.15) is 37.4 Å². The lowest BCUT2D eigenvalue weighted by atomic mass is 9.96. The van der Waals surface area contributed by atoms with E-state index in [1.807, 2.05) is 0 Å². The highest BCUT2D eigenvalue weighted by Crippen LogP contribution is 2.38. The molecule has 0 saturated carbocycles. The number of hydrogen-bond acceptors (Lipinski definition) is 6. The second kappa shape index (κ2) is 11.5. The number of quaternary nitrogens is 1. The molecule has 1 aromatic heterocycles. The van der Waals surface area contributed by atoms with Crippen molar-refractivity contribution in [2.75, 3.05) is 46.0 Å². The minimum Gasteiger partial charge on any atom is -0.872 e. The summed E-state index contributed by atoms with van der Waals surface area (Å²) in [6.07, 6.45) is 3.96. The van der Waals surface area contributed by atoms with Crippen LogP contribution in [0.5, 0.6) is 5.75 Å². The average molecular weight is 480 g/mol. The van der Waals surface area contributed by atoms with Crippen LogP contribution in [-0.2, 0) is 14.3 Å². The molecule has 3 heterocycles. The first kappa shape index (κ1) is 24.9. The number of hydrogen-bond donors (Lipinski definition) is 1. The fourth-order valence-electron chi connectivity index (χ4n) is 4.52. The molecule has 0 aliphatic carbocycles. The van der Waals surface area contributed by atoms with Crippen molar-refractivity contribution in [1.29, 1.82) is 0 Å². The summed E-state index contributed by atoms with van der Waals surface area (Å²) in [5.74, 6) is -0.737. The number of rotatable bonds is 9. The van der Waals surface area contributed by atoms with E-state index in [9.17, 15) is 14.7 Å². The first-order valence-electron chi connectivity index (χ1n) is 12.3. The molecule has 1 N–H and O–H groups in total. The van der Waals surface area contributed by atoms with Crippen molar-refractivity contribution in [2.24, 2.45) is 5.92 Å². The van der Waals surface area contributed by atoms with Crippen molar-refractivity contribution in [3.8, 4) is 5.75 Å². The lowest BCUT2D eigenvalue weighted by Gasteiger charge is -2.28. The number of morpholine rings is 1. The fourth-order valence-corrected chi connectivity index (χ4v) is 4.52. The molecule has 4 rings (SSSR count). The summed E-state index contributed by atoms with van der Waals surface area (Å²) in [4.78, 5) is 33.2. The number of benzene rings is 1. The van der Waals surface area contributed by atoms with Gasteiger partial charge >= 0.3 is 0 Å². The number of aromatic nitrogens is 1. The third kappa shape index (κ3) is 5.89. The van der Waals surface area contributed by atoms with Crippen LogP contribution in [0.3, 0.4) is 0 Å². The predicted octanol–water partition coefficient (Wildman–Crippen LogP) is 0.646. The average Bonchev–Trinajstić information content (AvgIpc) is 3.13. The monoisotopic (exact) mass is 479 g/mol. The molecule has 186 valence electrons. The Morgan fingerprint density at radius 1 is 1.14 bits per heavy atom. The summed E-state index contributed by atoms with van der Waals surface area (Å²) in [5, 5.41) is 13.5. The molecule has 2 saturated heterocycles. The zero-order valence-corrected chi connectivity index (χ0v) is 20.4. The molecule has 2 fully saturated rings. The molecular formula is C27H33N3O5. The molecule has 0 bridgehead atoms. The van der Waals surface area contributed by atoms with Crippen molar-refractivity contribution in [2.45, 2.75) is 26.3 Å². The van der Waals surface area contributed by atoms with Gasteiger partial charge in [0.05, 0.1) is 32.4 Å². The van der Waals surface area contributed by atoms with E-state index < -0.39 is 23.5 Å². The highest BCUT2D eigenvalue weighted by atomic mass is 16.5. The molecule has 1 atom stereocenters. The minimum absolute atomic E-state index is 0.00392. The van der Waals surface area contributed by atoms with Crippen LogP contribution in [-0.4, -0.2) is 67.6 Å². The van der Waals surface area contributed by atoms with Crippen LogP contribution < -0.4 is 14.7 Å². The number of nitrogens with zero attached hydrogens (tertiary/aromatic N) is 2. The van der Waals surface area contributed by atoms with Crippen LogP contribution >= 0.6 is 0 Å². The molecule has 8 nitrogen and oxygen atoms in total. The van der Waals surface area contributed by atoms with Crippen LogP contribution in [0.2, 0.25) is 0 Å². The van der Waals surface area contributed by atoms with Crippen molar-refractivity contribution >= 4 is 17.4 Å². The summed E-state index contributed by atoms with van der Waals surface area (Å²) in [7, 11) is 0. The van der Waals surface area contributed by atoms with Gasteiger partial charge in [-0.15, -0.1) is 0 Å². The summed E-state index contributed by atoms with van der Waals surface area (Å²) in [6.45, 7) is 9.33. The van der Waals surface area contributed by atoms with E-state index in [1.54, 1.807) is 53.7 Å². The van der Waals surface area contributed by atoms with Gasteiger partial charge in [-0.1, -0.05) is 31.7 Å². The summed E-state index contributed by atoms with van der Waals surface area (Å²) in [5.41, 5.74) is 1.06. The molecule has 1 aromatic carbocycles. The molecular weight excluding hydrogens is 446 g/mol. The number of ether oxygens (including phenoxy) is 2. The predicted molar refractivity (Wildman–Crippen MR) is 128 cm³/mol. The van der Waals surface area contributed by atoms with E-state index >= 15 is 0 Å². The van der Waals surface area contributed by atoms with E-state index in [0.717, 1.165) is 39.3 Å². The van der Waals surface area contributed by atoms with Crippen molar-refractivity contribution in [1.82, 2.24) is 9.88 Å². The SMILES string of the molecule is CC(C)COc1ccc(/C([O-])=C2\C(=O)C(=O)N(CCC[NH+]3CCOCC3)C2c2ccncc2)cc1. The fraction of sp³-hybridized carbons (Fsp3) is 0.444. The third-order valence-corrected chi connectivity index (χ3v) is 6.38. The Morgan fingerprint density at radius 2 is 1.83 bits per heavy atom. The molecule has 2 aliphatic heterocycles. The number of carbonyl (C=O) groups is 2. The Balaban J connectivity index is 1.59. The van der Waals surface area contributed by atoms with Gasteiger partial charge in [0.1, 0.15) is 18.8 Å². The molecule has 0 spiro atoms. The smallest absolute Gasteiger partial charge is 0.295 e. The Morgan fingerprint density at radius 3 is 2.49 bits per heavy atom. The lowest BCUT2D eigenvalue weighted by molar-refractivity contribution is -0.908. The second-order valence-corrected chi connectivity index (χ2v) is 9.45. The maximum absolute atomic E-state index is 13.5. The number of Topliss-reactive ketones (excluding diaryl/α,β-unsaturated/α-hetero) is 1. The number of likely N-dealkylation sites (tertiary alicyclic amines) is 1. The summed E-state index contributed by atoms with van der Waals surface area (Å²) in [6, 6.07) is 9.54. The van der Waals surface area contributed by atoms with Crippen LogP contribution in [0.4, 0.5) is 0 Å². The van der Waals surface area contributed by atoms with Gasteiger partial charge in [0, 0.05) is 30.9 Å². The van der Waals surface area contributed by atoms with Gasteiger partial charge in [0.15, 0.2) is 0 Å². The summed E-state index contributed by atoms with van der Waals surface area (Å²) < 4.78 is 11.1. The van der Waals surface area contributed by atoms with E-state index in [-0.39, 0.29) is 5.57 Å². The highest BCUT2D eigenvalue weighted by molar-refractivity contribution is 6.46. The molecule has 2 aliphatic rings. The molecule has 2 aromatic rings. The Hall–Kier alpha value is -3.23. The third-order valence-electron chi connectivity index (χ3n) is 6.38. The van der Waals surface area contributed by atoms with Crippen LogP contribution in [0, 0.1) is 5.92 Å². The van der Waals surface area contributed by atoms with Crippen molar-refractivity contribution in [3.05, 3.63) is 65.5 Å². The van der Waals surface area contributed by atoms with Gasteiger partial charge in [-0.25, -0.2) is 0 Å². The first-order chi connectivity index (χ1) is 17.0. The Kier molecular flexibility index (Phi) is 8.15. The van der Waals surface area contributed by atoms with Gasteiger partial charge in [0.25, 0.3) is 5.91 Å². The van der Waals surface area contributed by atoms with Gasteiger partial charge in [-0.2, -0.15) is 0 Å². The Bertz CT molecular complexity index is 1050. The number of nitrogens with one attached hydrogen (secondary N) is 1. The van der Waals surface area contributed by atoms with E-state index in [4.69, 9.17) is 9.47 Å². The lowest BCUT2D eigenvalue weighted by Crippen LogP contribution is -3.14. The zero-order valence-electron chi connectivity index (χ0n) is 20.4. The van der Waals surface area contributed by atoms with Crippen LogP contribution in [0.15, 0.2) is 54.4 Å². The molecule has 35 heavy (non-hydrogen) atoms. The minimum atomic E-state index is -0.726. The number of pyridine rings is 1. The van der Waals surface area contributed by atoms with E-state index in [2.05, 4.69) is 18.8 Å². The molecule has 0 radical (unpaired) electrons. The van der Waals surface area contributed by atoms with Gasteiger partial charge in [-0.05, 0) is 41.3 Å². The molecule has 8 heteroatoms. The maximum Gasteiger partial charge on any atom is 0.295 e. The number of amides is 1. The van der Waals surface area contributed by atoms with E-state index in [0.29, 0.717) is 35.9 Å². The van der Waals surface area contributed by atoms with Crippen LogP contribution in [0.25, 0.3) is 5.76 Å². The number of carbonyl (C=O) groups excluding carboxylic acids is 2. The first-order valence-corrected chi connectivity index (χ1v) is 12.3. The topological polar surface area (TPSA) is 96.2 Å². The molecule has 1 unspecified atom stereocenters.